The van der Waals surface area contributed by atoms with Gasteiger partial charge in [-0.2, -0.15) is 0 Å². The van der Waals surface area contributed by atoms with Crippen molar-refractivity contribution in [3.8, 4) is 0 Å². The fourth-order valence-corrected chi connectivity index (χ4v) is 2.60. The van der Waals surface area contributed by atoms with Crippen molar-refractivity contribution in [2.75, 3.05) is 18.1 Å². The second-order valence-corrected chi connectivity index (χ2v) is 4.69. The van der Waals surface area contributed by atoms with Crippen LogP contribution in [0.5, 0.6) is 0 Å². The van der Waals surface area contributed by atoms with Crippen molar-refractivity contribution in [3.63, 3.8) is 0 Å². The van der Waals surface area contributed by atoms with E-state index >= 15 is 0 Å². The van der Waals surface area contributed by atoms with Crippen LogP contribution < -0.4 is 4.90 Å². The molecule has 2 rings (SSSR count). The van der Waals surface area contributed by atoms with Gasteiger partial charge in [-0.15, -0.1) is 0 Å². The van der Waals surface area contributed by atoms with E-state index in [4.69, 9.17) is 10.2 Å². The molecule has 19 heavy (non-hydrogen) atoms. The summed E-state index contributed by atoms with van der Waals surface area (Å²) in [7, 11) is 0. The lowest BCUT2D eigenvalue weighted by atomic mass is 10.1. The molecule has 1 aromatic heterocycles. The molecule has 2 N–H and O–H groups in total. The summed E-state index contributed by atoms with van der Waals surface area (Å²) in [5.74, 6) is -1.63. The van der Waals surface area contributed by atoms with Gasteiger partial charge in [-0.1, -0.05) is 12.8 Å². The Morgan fingerprint density at radius 3 is 2.74 bits per heavy atom. The number of aromatic carboxylic acids is 1. The van der Waals surface area contributed by atoms with Crippen LogP contribution in [0.1, 0.15) is 36.0 Å². The van der Waals surface area contributed by atoms with Crippen molar-refractivity contribution in [3.05, 3.63) is 23.6 Å². The van der Waals surface area contributed by atoms with Gasteiger partial charge in [0.25, 0.3) is 0 Å². The number of aliphatic hydroxyl groups excluding tert-OH is 1. The highest BCUT2D eigenvalue weighted by Gasteiger charge is 2.27. The molecule has 0 aliphatic heterocycles. The highest BCUT2D eigenvalue weighted by molar-refractivity contribution is 5.93. The summed E-state index contributed by atoms with van der Waals surface area (Å²) in [6.45, 7) is 0.220. The van der Waals surface area contributed by atoms with Crippen molar-refractivity contribution in [2.45, 2.75) is 31.7 Å². The van der Waals surface area contributed by atoms with E-state index in [0.29, 0.717) is 6.54 Å². The molecule has 0 saturated heterocycles. The lowest BCUT2D eigenvalue weighted by molar-refractivity contribution is 0.0696. The lowest BCUT2D eigenvalue weighted by Crippen LogP contribution is -2.37. The van der Waals surface area contributed by atoms with Crippen LogP contribution in [0.15, 0.2) is 12.3 Å². The van der Waals surface area contributed by atoms with Gasteiger partial charge in [0.2, 0.25) is 0 Å². The Kier molecular flexibility index (Phi) is 4.31. The number of halogens is 1. The van der Waals surface area contributed by atoms with Gasteiger partial charge in [0.05, 0.1) is 12.8 Å². The molecule has 0 atom stereocenters. The summed E-state index contributed by atoms with van der Waals surface area (Å²) >= 11 is 0. The Labute approximate surface area is 110 Å². The molecule has 0 radical (unpaired) electrons. The number of carbonyl (C=O) groups is 1. The van der Waals surface area contributed by atoms with Crippen molar-refractivity contribution in [1.29, 1.82) is 0 Å². The first-order valence-corrected chi connectivity index (χ1v) is 6.40. The number of hydrogen-bond acceptors (Lipinski definition) is 4. The largest absolute Gasteiger partial charge is 0.478 e. The van der Waals surface area contributed by atoms with Gasteiger partial charge < -0.3 is 15.1 Å². The minimum Gasteiger partial charge on any atom is -0.478 e. The van der Waals surface area contributed by atoms with E-state index < -0.39 is 11.8 Å². The molecule has 1 aromatic rings. The van der Waals surface area contributed by atoms with E-state index in [0.717, 1.165) is 37.9 Å². The molecule has 1 heterocycles. The Morgan fingerprint density at radius 2 is 2.16 bits per heavy atom. The number of anilines is 1. The maximum atomic E-state index is 13.1. The highest BCUT2D eigenvalue weighted by atomic mass is 19.1. The van der Waals surface area contributed by atoms with E-state index in [2.05, 4.69) is 4.98 Å². The van der Waals surface area contributed by atoms with E-state index in [1.54, 1.807) is 4.90 Å². The molecular weight excluding hydrogens is 251 g/mol. The van der Waals surface area contributed by atoms with Crippen LogP contribution in [0.3, 0.4) is 0 Å². The van der Waals surface area contributed by atoms with Crippen molar-refractivity contribution >= 4 is 11.8 Å². The molecule has 104 valence electrons. The van der Waals surface area contributed by atoms with E-state index in [-0.39, 0.29) is 24.0 Å². The number of rotatable bonds is 5. The number of hydrogen-bond donors (Lipinski definition) is 2. The number of carboxylic acids is 1. The molecule has 0 amide bonds. The first-order valence-electron chi connectivity index (χ1n) is 6.40. The Bertz CT molecular complexity index is 461. The Balaban J connectivity index is 2.37. The fraction of sp³-hybridized carbons (Fsp3) is 0.538. The van der Waals surface area contributed by atoms with E-state index in [1.807, 2.05) is 0 Å². The molecular formula is C13H17FN2O3. The number of aromatic nitrogens is 1. The quantitative estimate of drug-likeness (QED) is 0.849. The van der Waals surface area contributed by atoms with Crippen molar-refractivity contribution in [1.82, 2.24) is 4.98 Å². The van der Waals surface area contributed by atoms with E-state index in [1.165, 1.54) is 0 Å². The predicted octanol–water partition coefficient (Wildman–Crippen LogP) is 1.66. The molecule has 1 aliphatic rings. The smallest absolute Gasteiger partial charge is 0.339 e. The summed E-state index contributed by atoms with van der Waals surface area (Å²) < 4.78 is 13.1. The molecule has 0 unspecified atom stereocenters. The average Bonchev–Trinajstić information content (AvgIpc) is 2.90. The van der Waals surface area contributed by atoms with Crippen LogP contribution in [0, 0.1) is 5.82 Å². The van der Waals surface area contributed by atoms with Crippen LogP contribution >= 0.6 is 0 Å². The molecule has 1 saturated carbocycles. The molecule has 5 nitrogen and oxygen atoms in total. The third kappa shape index (κ3) is 3.01. The van der Waals surface area contributed by atoms with Gasteiger partial charge in [0.1, 0.15) is 17.2 Å². The average molecular weight is 268 g/mol. The topological polar surface area (TPSA) is 73.7 Å². The summed E-state index contributed by atoms with van der Waals surface area (Å²) in [5, 5.41) is 18.3. The number of carboxylic acid groups (broad SMARTS) is 1. The van der Waals surface area contributed by atoms with Gasteiger partial charge in [0, 0.05) is 12.6 Å². The van der Waals surface area contributed by atoms with Crippen LogP contribution in [0.4, 0.5) is 10.2 Å². The third-order valence-corrected chi connectivity index (χ3v) is 3.44. The zero-order valence-corrected chi connectivity index (χ0v) is 10.5. The minimum absolute atomic E-state index is 0.0887. The van der Waals surface area contributed by atoms with Crippen LogP contribution in [-0.4, -0.2) is 40.4 Å². The third-order valence-electron chi connectivity index (χ3n) is 3.44. The molecule has 0 aromatic carbocycles. The summed E-state index contributed by atoms with van der Waals surface area (Å²) in [5.41, 5.74) is -0.152. The maximum absolute atomic E-state index is 13.1. The minimum atomic E-state index is -1.21. The SMILES string of the molecule is O=C(O)c1cc(F)cnc1N(CCO)C1CCCC1. The Morgan fingerprint density at radius 1 is 1.47 bits per heavy atom. The van der Waals surface area contributed by atoms with Gasteiger partial charge >= 0.3 is 5.97 Å². The standard InChI is InChI=1S/C13H17FN2O3/c14-9-7-11(13(18)19)12(15-8-9)16(5-6-17)10-3-1-2-4-10/h7-8,10,17H,1-6H2,(H,18,19). The predicted molar refractivity (Wildman–Crippen MR) is 67.8 cm³/mol. The second-order valence-electron chi connectivity index (χ2n) is 4.69. The summed E-state index contributed by atoms with van der Waals surface area (Å²) in [4.78, 5) is 16.9. The molecule has 6 heteroatoms. The monoisotopic (exact) mass is 268 g/mol. The maximum Gasteiger partial charge on any atom is 0.339 e. The molecule has 0 spiro atoms. The zero-order chi connectivity index (χ0) is 13.8. The number of aliphatic hydroxyl groups is 1. The normalized spacial score (nSPS) is 15.7. The fourth-order valence-electron chi connectivity index (χ4n) is 2.60. The summed E-state index contributed by atoms with van der Waals surface area (Å²) in [6, 6.07) is 1.15. The lowest BCUT2D eigenvalue weighted by Gasteiger charge is -2.30. The van der Waals surface area contributed by atoms with Crippen LogP contribution in [0.25, 0.3) is 0 Å². The van der Waals surface area contributed by atoms with E-state index in [9.17, 15) is 9.18 Å². The highest BCUT2D eigenvalue weighted by Crippen LogP contribution is 2.29. The van der Waals surface area contributed by atoms with Crippen LogP contribution in [-0.2, 0) is 0 Å². The zero-order valence-electron chi connectivity index (χ0n) is 10.5. The molecule has 0 bridgehead atoms. The van der Waals surface area contributed by atoms with Gasteiger partial charge in [-0.3, -0.25) is 0 Å². The summed E-state index contributed by atoms with van der Waals surface area (Å²) in [6.07, 6.45) is 5.06. The second kappa shape index (κ2) is 5.97. The van der Waals surface area contributed by atoms with Gasteiger partial charge in [0.15, 0.2) is 0 Å². The first kappa shape index (κ1) is 13.7. The van der Waals surface area contributed by atoms with Crippen molar-refractivity contribution in [2.24, 2.45) is 0 Å². The van der Waals surface area contributed by atoms with Gasteiger partial charge in [-0.25, -0.2) is 14.2 Å². The van der Waals surface area contributed by atoms with Gasteiger partial charge in [-0.05, 0) is 18.9 Å². The first-order chi connectivity index (χ1) is 9.13. The van der Waals surface area contributed by atoms with Crippen LogP contribution in [0.2, 0.25) is 0 Å². The number of pyridine rings is 1. The van der Waals surface area contributed by atoms with Crippen molar-refractivity contribution < 1.29 is 19.4 Å². The molecule has 1 fully saturated rings. The Hall–Kier alpha value is -1.69. The number of nitrogens with zero attached hydrogens (tertiary/aromatic N) is 2. The molecule has 1 aliphatic carbocycles.